The number of benzene rings is 1. The molecular formula is C15H21BrN2O2. The number of rotatable bonds is 6. The zero-order valence-electron chi connectivity index (χ0n) is 11.7. The molecule has 2 unspecified atom stereocenters. The van der Waals surface area contributed by atoms with E-state index < -0.39 is 0 Å². The quantitative estimate of drug-likeness (QED) is 0.615. The van der Waals surface area contributed by atoms with Crippen molar-refractivity contribution in [3.05, 3.63) is 27.7 Å². The van der Waals surface area contributed by atoms with E-state index in [2.05, 4.69) is 33.5 Å². The van der Waals surface area contributed by atoms with Crippen molar-refractivity contribution in [3.63, 3.8) is 0 Å². The van der Waals surface area contributed by atoms with E-state index in [1.807, 2.05) is 0 Å². The summed E-state index contributed by atoms with van der Waals surface area (Å²) in [4.78, 5) is 0. The Kier molecular flexibility index (Phi) is 4.31. The fourth-order valence-electron chi connectivity index (χ4n) is 3.11. The van der Waals surface area contributed by atoms with Crippen molar-refractivity contribution < 1.29 is 9.47 Å². The van der Waals surface area contributed by atoms with Crippen LogP contribution in [0.5, 0.6) is 5.75 Å². The summed E-state index contributed by atoms with van der Waals surface area (Å²) in [6.07, 6.45) is 4.47. The zero-order chi connectivity index (χ0) is 14.1. The molecule has 3 rings (SSSR count). The highest BCUT2D eigenvalue weighted by molar-refractivity contribution is 9.10. The van der Waals surface area contributed by atoms with Gasteiger partial charge in [0.05, 0.1) is 18.8 Å². The number of hydrogen-bond acceptors (Lipinski definition) is 4. The summed E-state index contributed by atoms with van der Waals surface area (Å²) in [6.45, 7) is 0.774. The topological polar surface area (TPSA) is 56.5 Å². The first kappa shape index (κ1) is 14.3. The minimum Gasteiger partial charge on any atom is -0.493 e. The lowest BCUT2D eigenvalue weighted by molar-refractivity contribution is 0.0509. The SMILES string of the molecule is COC(C1CC1)C(Cc1cc(Br)cc2c1OCC2)NN. The van der Waals surface area contributed by atoms with E-state index in [0.29, 0.717) is 5.92 Å². The van der Waals surface area contributed by atoms with Crippen LogP contribution >= 0.6 is 15.9 Å². The number of halogens is 1. The lowest BCUT2D eigenvalue weighted by Gasteiger charge is -2.26. The van der Waals surface area contributed by atoms with Crippen molar-refractivity contribution in [3.8, 4) is 5.75 Å². The van der Waals surface area contributed by atoms with Gasteiger partial charge < -0.3 is 9.47 Å². The first-order valence-corrected chi connectivity index (χ1v) is 7.95. The monoisotopic (exact) mass is 340 g/mol. The number of hydrazine groups is 1. The third kappa shape index (κ3) is 2.86. The van der Waals surface area contributed by atoms with E-state index in [1.165, 1.54) is 24.0 Å². The molecule has 0 radical (unpaired) electrons. The Labute approximate surface area is 128 Å². The van der Waals surface area contributed by atoms with Gasteiger partial charge in [-0.1, -0.05) is 15.9 Å². The second kappa shape index (κ2) is 6.02. The first-order valence-electron chi connectivity index (χ1n) is 7.16. The number of methoxy groups -OCH3 is 1. The molecule has 0 bridgehead atoms. The summed E-state index contributed by atoms with van der Waals surface area (Å²) in [7, 11) is 1.77. The lowest BCUT2D eigenvalue weighted by atomic mass is 9.96. The third-order valence-electron chi connectivity index (χ3n) is 4.23. The Morgan fingerprint density at radius 2 is 2.30 bits per heavy atom. The molecule has 2 aliphatic rings. The molecule has 1 aromatic rings. The maximum absolute atomic E-state index is 5.79. The van der Waals surface area contributed by atoms with E-state index in [9.17, 15) is 0 Å². The van der Waals surface area contributed by atoms with Gasteiger partial charge in [0, 0.05) is 18.0 Å². The van der Waals surface area contributed by atoms with Gasteiger partial charge in [0.25, 0.3) is 0 Å². The molecule has 0 spiro atoms. The minimum absolute atomic E-state index is 0.120. The normalized spacial score (nSPS) is 20.4. The Balaban J connectivity index is 1.82. The number of fused-ring (bicyclic) bond motifs is 1. The number of ether oxygens (including phenoxy) is 2. The fraction of sp³-hybridized carbons (Fsp3) is 0.600. The summed E-state index contributed by atoms with van der Waals surface area (Å²) >= 11 is 3.58. The molecule has 1 aliphatic heterocycles. The smallest absolute Gasteiger partial charge is 0.125 e. The molecule has 1 saturated carbocycles. The van der Waals surface area contributed by atoms with Crippen molar-refractivity contribution in [2.75, 3.05) is 13.7 Å². The van der Waals surface area contributed by atoms with Gasteiger partial charge in [-0.3, -0.25) is 11.3 Å². The van der Waals surface area contributed by atoms with Crippen LogP contribution in [0, 0.1) is 5.92 Å². The summed E-state index contributed by atoms with van der Waals surface area (Å²) in [5.41, 5.74) is 5.43. The number of nitrogens with two attached hydrogens (primary N) is 1. The van der Waals surface area contributed by atoms with E-state index in [1.54, 1.807) is 7.11 Å². The van der Waals surface area contributed by atoms with Crippen LogP contribution in [0.15, 0.2) is 16.6 Å². The van der Waals surface area contributed by atoms with Gasteiger partial charge in [-0.15, -0.1) is 0 Å². The van der Waals surface area contributed by atoms with Crippen molar-refractivity contribution in [1.82, 2.24) is 5.43 Å². The molecule has 1 aliphatic carbocycles. The van der Waals surface area contributed by atoms with Crippen LogP contribution in [0.1, 0.15) is 24.0 Å². The van der Waals surface area contributed by atoms with Gasteiger partial charge >= 0.3 is 0 Å². The van der Waals surface area contributed by atoms with E-state index in [4.69, 9.17) is 15.3 Å². The average Bonchev–Trinajstić information content (AvgIpc) is 3.15. The maximum Gasteiger partial charge on any atom is 0.125 e. The molecule has 1 fully saturated rings. The zero-order valence-corrected chi connectivity index (χ0v) is 13.3. The highest BCUT2D eigenvalue weighted by atomic mass is 79.9. The molecule has 0 aromatic heterocycles. The van der Waals surface area contributed by atoms with E-state index in [-0.39, 0.29) is 12.1 Å². The van der Waals surface area contributed by atoms with Crippen LogP contribution in [-0.4, -0.2) is 25.9 Å². The minimum atomic E-state index is 0.120. The first-order chi connectivity index (χ1) is 9.72. The average molecular weight is 341 g/mol. The van der Waals surface area contributed by atoms with E-state index >= 15 is 0 Å². The third-order valence-corrected chi connectivity index (χ3v) is 4.69. The van der Waals surface area contributed by atoms with Crippen LogP contribution in [0.2, 0.25) is 0 Å². The van der Waals surface area contributed by atoms with Crippen LogP contribution in [-0.2, 0) is 17.6 Å². The molecule has 1 heterocycles. The fourth-order valence-corrected chi connectivity index (χ4v) is 3.67. The summed E-state index contributed by atoms with van der Waals surface area (Å²) in [5.74, 6) is 7.45. The van der Waals surface area contributed by atoms with Gasteiger partial charge in [0.1, 0.15) is 5.75 Å². The molecule has 1 aromatic carbocycles. The molecule has 110 valence electrons. The predicted octanol–water partition coefficient (Wildman–Crippen LogP) is 2.18. The Morgan fingerprint density at radius 3 is 2.95 bits per heavy atom. The second-order valence-electron chi connectivity index (χ2n) is 5.67. The summed E-state index contributed by atoms with van der Waals surface area (Å²) in [5, 5.41) is 0. The summed E-state index contributed by atoms with van der Waals surface area (Å²) in [6, 6.07) is 4.40. The van der Waals surface area contributed by atoms with Gasteiger partial charge in [-0.25, -0.2) is 0 Å². The van der Waals surface area contributed by atoms with Crippen LogP contribution in [0.25, 0.3) is 0 Å². The molecule has 4 nitrogen and oxygen atoms in total. The van der Waals surface area contributed by atoms with E-state index in [0.717, 1.165) is 29.7 Å². The van der Waals surface area contributed by atoms with Gasteiger partial charge in [0.15, 0.2) is 0 Å². The molecular weight excluding hydrogens is 320 g/mol. The Bertz CT molecular complexity index is 491. The molecule has 3 N–H and O–H groups in total. The summed E-state index contributed by atoms with van der Waals surface area (Å²) < 4.78 is 12.5. The molecule has 2 atom stereocenters. The Morgan fingerprint density at radius 1 is 1.50 bits per heavy atom. The highest BCUT2D eigenvalue weighted by Gasteiger charge is 2.37. The maximum atomic E-state index is 5.79. The Hall–Kier alpha value is -0.620. The molecule has 0 saturated heterocycles. The standard InChI is InChI=1S/C15H21BrN2O2/c1-19-15(9-2-3-9)13(18-17)8-11-7-12(16)6-10-4-5-20-14(10)11/h6-7,9,13,15,18H,2-5,8,17H2,1H3. The van der Waals surface area contributed by atoms with Crippen molar-refractivity contribution in [2.24, 2.45) is 11.8 Å². The van der Waals surface area contributed by atoms with Crippen molar-refractivity contribution in [1.29, 1.82) is 0 Å². The van der Waals surface area contributed by atoms with Crippen molar-refractivity contribution in [2.45, 2.75) is 37.8 Å². The van der Waals surface area contributed by atoms with Crippen LogP contribution in [0.3, 0.4) is 0 Å². The number of hydrogen-bond donors (Lipinski definition) is 2. The van der Waals surface area contributed by atoms with Gasteiger partial charge in [0.2, 0.25) is 0 Å². The van der Waals surface area contributed by atoms with Crippen molar-refractivity contribution >= 4 is 15.9 Å². The molecule has 5 heteroatoms. The predicted molar refractivity (Wildman–Crippen MR) is 81.7 cm³/mol. The number of nitrogens with one attached hydrogen (secondary N) is 1. The molecule has 20 heavy (non-hydrogen) atoms. The highest BCUT2D eigenvalue weighted by Crippen LogP contribution is 2.38. The molecule has 0 amide bonds. The van der Waals surface area contributed by atoms with Crippen LogP contribution in [0.4, 0.5) is 0 Å². The van der Waals surface area contributed by atoms with Gasteiger partial charge in [-0.05, 0) is 48.4 Å². The van der Waals surface area contributed by atoms with Gasteiger partial charge in [-0.2, -0.15) is 0 Å². The second-order valence-corrected chi connectivity index (χ2v) is 6.58. The lowest BCUT2D eigenvalue weighted by Crippen LogP contribution is -2.47. The van der Waals surface area contributed by atoms with Crippen LogP contribution < -0.4 is 16.0 Å². The largest absolute Gasteiger partial charge is 0.493 e.